The van der Waals surface area contributed by atoms with Crippen LogP contribution in [0, 0.1) is 0 Å². The smallest absolute Gasteiger partial charge is 0 e. The predicted molar refractivity (Wildman–Crippen MR) is 79.1 cm³/mol. The van der Waals surface area contributed by atoms with Crippen LogP contribution in [-0.2, 0) is 18.6 Å². The molecule has 0 heterocycles. The Morgan fingerprint density at radius 3 is 1.23 bits per heavy atom. The first kappa shape index (κ1) is 23.4. The van der Waals surface area contributed by atoms with Gasteiger partial charge < -0.3 is 37.2 Å². The molecule has 22 heavy (non-hydrogen) atoms. The van der Waals surface area contributed by atoms with E-state index >= 15 is 0 Å². The zero-order valence-corrected chi connectivity index (χ0v) is 15.3. The predicted octanol–water partition coefficient (Wildman–Crippen LogP) is -3.87. The molecule has 0 N–H and O–H groups in total. The number of hydrogen-bond acceptors (Lipinski definition) is 0. The molecule has 0 aromatic heterocycles. The molecule has 0 unspecified atom stereocenters. The molecule has 4 aromatic rings. The zero-order valence-electron chi connectivity index (χ0n) is 11.7. The summed E-state index contributed by atoms with van der Waals surface area (Å²) < 4.78 is 0. The molecule has 0 saturated carbocycles. The third-order valence-electron chi connectivity index (χ3n) is 3.10. The van der Waals surface area contributed by atoms with Crippen molar-refractivity contribution in [3.63, 3.8) is 0 Å². The molecule has 4 aromatic carbocycles. The average molecular weight is 388 g/mol. The molecule has 0 bridgehead atoms. The minimum atomic E-state index is 0. The van der Waals surface area contributed by atoms with Gasteiger partial charge in [-0.25, -0.2) is 0 Å². The van der Waals surface area contributed by atoms with Gasteiger partial charge in [0.1, 0.15) is 0 Å². The van der Waals surface area contributed by atoms with Crippen LogP contribution in [-0.4, -0.2) is 0 Å². The van der Waals surface area contributed by atoms with Gasteiger partial charge in [0.15, 0.2) is 0 Å². The summed E-state index contributed by atoms with van der Waals surface area (Å²) in [7, 11) is 0. The van der Waals surface area contributed by atoms with Crippen LogP contribution in [0.1, 0.15) is 0 Å². The summed E-state index contributed by atoms with van der Waals surface area (Å²) in [5.41, 5.74) is 0. The number of halogens is 3. The fraction of sp³-hybridized carbons (Fsp3) is 0. The molecule has 0 amide bonds. The van der Waals surface area contributed by atoms with E-state index in [1.165, 1.54) is 21.5 Å². The topological polar surface area (TPSA) is 0 Å². The number of fused-ring (bicyclic) bond motifs is 2. The first-order valence-electron chi connectivity index (χ1n) is 6.14. The second-order valence-corrected chi connectivity index (χ2v) is 4.31. The van der Waals surface area contributed by atoms with Gasteiger partial charge in [-0.2, -0.15) is 35.0 Å². The van der Waals surface area contributed by atoms with Crippen molar-refractivity contribution in [1.82, 2.24) is 0 Å². The maximum absolute atomic E-state index is 2.12. The summed E-state index contributed by atoms with van der Waals surface area (Å²) in [6, 6.07) is 29.3. The van der Waals surface area contributed by atoms with Crippen LogP contribution >= 0.6 is 0 Å². The van der Waals surface area contributed by atoms with Crippen molar-refractivity contribution >= 4 is 21.5 Å². The standard InChI is InChI=1S/2C9H7.3ClH.V/c2*1-2-5-9-7-3-6-8(9)4-1;;;;/h2*1-7H;3*1H;/q2*-1;;;;/p-3. The monoisotopic (exact) mass is 386 g/mol. The van der Waals surface area contributed by atoms with Gasteiger partial charge >= 0.3 is 0 Å². The van der Waals surface area contributed by atoms with Crippen LogP contribution in [0.5, 0.6) is 0 Å². The van der Waals surface area contributed by atoms with Gasteiger partial charge in [0.05, 0.1) is 0 Å². The summed E-state index contributed by atoms with van der Waals surface area (Å²) >= 11 is 0. The molecule has 117 valence electrons. The van der Waals surface area contributed by atoms with E-state index in [0.717, 1.165) is 0 Å². The van der Waals surface area contributed by atoms with Gasteiger partial charge in [-0.3, -0.25) is 0 Å². The van der Waals surface area contributed by atoms with Crippen molar-refractivity contribution in [2.75, 3.05) is 0 Å². The molecule has 4 heteroatoms. The second kappa shape index (κ2) is 11.7. The first-order valence-corrected chi connectivity index (χ1v) is 6.14. The molecule has 0 spiro atoms. The maximum Gasteiger partial charge on any atom is 0 e. The SMILES string of the molecule is [Cl-].[Cl-].[Cl-].[V].c1ccc2[cH-]ccc2c1.c1ccc2[cH-]ccc2c1. The van der Waals surface area contributed by atoms with E-state index in [9.17, 15) is 0 Å². The minimum absolute atomic E-state index is 0. The van der Waals surface area contributed by atoms with Crippen molar-refractivity contribution in [3.8, 4) is 0 Å². The molecule has 4 rings (SSSR count). The summed E-state index contributed by atoms with van der Waals surface area (Å²) in [6.45, 7) is 0. The molecular formula is C18H14Cl3V-5. The van der Waals surface area contributed by atoms with E-state index in [4.69, 9.17) is 0 Å². The van der Waals surface area contributed by atoms with Gasteiger partial charge in [-0.05, 0) is 0 Å². The summed E-state index contributed by atoms with van der Waals surface area (Å²) in [6.07, 6.45) is 0. The van der Waals surface area contributed by atoms with Crippen LogP contribution in [0.4, 0.5) is 0 Å². The van der Waals surface area contributed by atoms with Crippen molar-refractivity contribution < 1.29 is 55.8 Å². The van der Waals surface area contributed by atoms with E-state index in [1.54, 1.807) is 0 Å². The van der Waals surface area contributed by atoms with Crippen LogP contribution in [0.3, 0.4) is 0 Å². The summed E-state index contributed by atoms with van der Waals surface area (Å²) in [5, 5.41) is 5.32. The maximum atomic E-state index is 2.12. The van der Waals surface area contributed by atoms with E-state index < -0.39 is 0 Å². The van der Waals surface area contributed by atoms with Gasteiger partial charge in [0.2, 0.25) is 0 Å². The van der Waals surface area contributed by atoms with Crippen molar-refractivity contribution in [2.45, 2.75) is 0 Å². The Balaban J connectivity index is 0. The van der Waals surface area contributed by atoms with Crippen LogP contribution in [0.15, 0.2) is 84.9 Å². The first-order chi connectivity index (χ1) is 8.93. The van der Waals surface area contributed by atoms with Crippen molar-refractivity contribution in [1.29, 1.82) is 0 Å². The van der Waals surface area contributed by atoms with Crippen molar-refractivity contribution in [2.24, 2.45) is 0 Å². The normalized spacial score (nSPS) is 8.36. The zero-order chi connectivity index (χ0) is 12.2. The van der Waals surface area contributed by atoms with Gasteiger partial charge in [0.25, 0.3) is 0 Å². The fourth-order valence-corrected chi connectivity index (χ4v) is 2.14. The van der Waals surface area contributed by atoms with Crippen LogP contribution in [0.2, 0.25) is 0 Å². The Kier molecular flexibility index (Phi) is 12.4. The van der Waals surface area contributed by atoms with Gasteiger partial charge in [0, 0.05) is 18.6 Å². The summed E-state index contributed by atoms with van der Waals surface area (Å²) in [4.78, 5) is 0. The molecular weight excluding hydrogens is 374 g/mol. The molecule has 0 saturated heterocycles. The molecule has 0 nitrogen and oxygen atoms in total. The molecule has 0 aliphatic carbocycles. The molecule has 0 fully saturated rings. The number of benzene rings is 2. The van der Waals surface area contributed by atoms with E-state index in [2.05, 4.69) is 84.9 Å². The Hall–Kier alpha value is -0.886. The quantitative estimate of drug-likeness (QED) is 0.271. The molecule has 0 atom stereocenters. The molecule has 1 radical (unpaired) electrons. The average Bonchev–Trinajstić information content (AvgIpc) is 3.08. The van der Waals surface area contributed by atoms with Crippen LogP contribution in [0.25, 0.3) is 21.5 Å². The Bertz CT molecular complexity index is 632. The van der Waals surface area contributed by atoms with E-state index in [1.807, 2.05) is 0 Å². The second-order valence-electron chi connectivity index (χ2n) is 4.31. The number of rotatable bonds is 0. The summed E-state index contributed by atoms with van der Waals surface area (Å²) in [5.74, 6) is 0. The Labute approximate surface area is 161 Å². The molecule has 0 aliphatic rings. The van der Waals surface area contributed by atoms with Gasteiger partial charge in [-0.15, -0.1) is 59.3 Å². The Morgan fingerprint density at radius 1 is 0.500 bits per heavy atom. The van der Waals surface area contributed by atoms with Gasteiger partial charge in [-0.1, -0.05) is 12.1 Å². The van der Waals surface area contributed by atoms with E-state index in [0.29, 0.717) is 0 Å². The van der Waals surface area contributed by atoms with Crippen LogP contribution < -0.4 is 37.2 Å². The van der Waals surface area contributed by atoms with Crippen molar-refractivity contribution in [3.05, 3.63) is 84.9 Å². The third-order valence-corrected chi connectivity index (χ3v) is 3.10. The third kappa shape index (κ3) is 5.72. The fourth-order valence-electron chi connectivity index (χ4n) is 2.14. The number of hydrogen-bond donors (Lipinski definition) is 0. The van der Waals surface area contributed by atoms with E-state index in [-0.39, 0.29) is 55.8 Å². The Morgan fingerprint density at radius 2 is 0.864 bits per heavy atom. The minimum Gasteiger partial charge on any atom is -1.00 e. The largest absolute Gasteiger partial charge is 1.00 e. The molecule has 0 aliphatic heterocycles.